The Morgan fingerprint density at radius 2 is 1.75 bits per heavy atom. The molecule has 0 radical (unpaired) electrons. The Balaban J connectivity index is 1.82. The van der Waals surface area contributed by atoms with Crippen LogP contribution in [0.2, 0.25) is 0 Å². The lowest BCUT2D eigenvalue weighted by Gasteiger charge is -2.44. The number of fused-ring (bicyclic) bond motifs is 3. The lowest BCUT2D eigenvalue weighted by molar-refractivity contribution is -0.163. The molecule has 1 aromatic carbocycles. The highest BCUT2D eigenvalue weighted by atomic mass is 16.5. The van der Waals surface area contributed by atoms with Gasteiger partial charge in [0.05, 0.1) is 26.3 Å². The number of carbonyl (C=O) groups excluding carboxylic acids is 1. The Kier molecular flexibility index (Phi) is 5.84. The summed E-state index contributed by atoms with van der Waals surface area (Å²) in [5.74, 6) is -0.637. The summed E-state index contributed by atoms with van der Waals surface area (Å²) in [4.78, 5) is 19.6. The first-order valence-electron chi connectivity index (χ1n) is 12.0. The number of aliphatic hydroxyl groups is 2. The van der Waals surface area contributed by atoms with Gasteiger partial charge in [-0.05, 0) is 29.5 Å². The quantitative estimate of drug-likeness (QED) is 0.662. The number of aromatic nitrogens is 1. The number of ether oxygens (including phenoxy) is 3. The SMILES string of the molecule is COc1ccc([C@@]23Oc4cc(OC)cnc4[C@]2(O)[C@H](O)[C@H](C(=O)N(C)C)[C@H]3C2C=CC=CC2C)cc1. The minimum Gasteiger partial charge on any atom is -0.497 e. The van der Waals surface area contributed by atoms with Gasteiger partial charge in [0.2, 0.25) is 5.91 Å². The van der Waals surface area contributed by atoms with Gasteiger partial charge in [0.25, 0.3) is 0 Å². The van der Waals surface area contributed by atoms with E-state index in [0.717, 1.165) is 0 Å². The van der Waals surface area contributed by atoms with Gasteiger partial charge in [0.1, 0.15) is 29.0 Å². The van der Waals surface area contributed by atoms with Crippen molar-refractivity contribution in [3.05, 3.63) is 72.1 Å². The molecule has 2 heterocycles. The maximum Gasteiger partial charge on any atom is 0.228 e. The number of aliphatic hydroxyl groups excluding tert-OH is 1. The van der Waals surface area contributed by atoms with Crippen molar-refractivity contribution < 1.29 is 29.2 Å². The molecule has 1 amide bonds. The average Bonchev–Trinajstić information content (AvgIpc) is 3.26. The van der Waals surface area contributed by atoms with Gasteiger partial charge in [-0.2, -0.15) is 0 Å². The van der Waals surface area contributed by atoms with Crippen molar-refractivity contribution in [1.29, 1.82) is 0 Å². The summed E-state index contributed by atoms with van der Waals surface area (Å²) in [5.41, 5.74) is -2.70. The van der Waals surface area contributed by atoms with Gasteiger partial charge in [-0.3, -0.25) is 9.78 Å². The van der Waals surface area contributed by atoms with E-state index in [2.05, 4.69) is 18.0 Å². The van der Waals surface area contributed by atoms with E-state index in [9.17, 15) is 15.0 Å². The van der Waals surface area contributed by atoms with Gasteiger partial charge in [0, 0.05) is 26.1 Å². The lowest BCUT2D eigenvalue weighted by atomic mass is 9.65. The number of methoxy groups -OCH3 is 2. The van der Waals surface area contributed by atoms with Gasteiger partial charge in [-0.25, -0.2) is 0 Å². The third kappa shape index (κ3) is 3.14. The predicted octanol–water partition coefficient (Wildman–Crippen LogP) is 2.65. The zero-order valence-electron chi connectivity index (χ0n) is 21.1. The molecule has 1 fully saturated rings. The average molecular weight is 493 g/mol. The summed E-state index contributed by atoms with van der Waals surface area (Å²) >= 11 is 0. The number of amides is 1. The van der Waals surface area contributed by atoms with Crippen LogP contribution in [0.5, 0.6) is 17.2 Å². The van der Waals surface area contributed by atoms with Crippen LogP contribution in [-0.2, 0) is 16.0 Å². The molecular weight excluding hydrogens is 460 g/mol. The molecule has 0 spiro atoms. The number of nitrogens with zero attached hydrogens (tertiary/aromatic N) is 2. The largest absolute Gasteiger partial charge is 0.497 e. The number of hydrogen-bond acceptors (Lipinski definition) is 7. The van der Waals surface area contributed by atoms with Gasteiger partial charge < -0.3 is 29.3 Å². The van der Waals surface area contributed by atoms with Crippen LogP contribution >= 0.6 is 0 Å². The fourth-order valence-electron chi connectivity index (χ4n) is 6.31. The smallest absolute Gasteiger partial charge is 0.228 e. The topological polar surface area (TPSA) is 101 Å². The molecule has 7 atom stereocenters. The highest BCUT2D eigenvalue weighted by Crippen LogP contribution is 2.68. The van der Waals surface area contributed by atoms with Crippen LogP contribution in [0.15, 0.2) is 60.8 Å². The van der Waals surface area contributed by atoms with Crippen LogP contribution in [0.25, 0.3) is 0 Å². The summed E-state index contributed by atoms with van der Waals surface area (Å²) in [6.45, 7) is 2.07. The van der Waals surface area contributed by atoms with Gasteiger partial charge in [0.15, 0.2) is 11.2 Å². The zero-order chi connectivity index (χ0) is 25.8. The molecule has 0 saturated heterocycles. The maximum atomic E-state index is 13.7. The molecule has 2 aliphatic carbocycles. The van der Waals surface area contributed by atoms with Gasteiger partial charge in [-0.1, -0.05) is 43.4 Å². The molecule has 5 rings (SSSR count). The summed E-state index contributed by atoms with van der Waals surface area (Å²) in [5, 5.41) is 24.5. The minimum atomic E-state index is -2.00. The third-order valence-corrected chi connectivity index (χ3v) is 8.01. The molecular formula is C28H32N2O6. The minimum absolute atomic E-state index is 0.0249. The van der Waals surface area contributed by atoms with Crippen LogP contribution < -0.4 is 14.2 Å². The van der Waals surface area contributed by atoms with Gasteiger partial charge in [-0.15, -0.1) is 0 Å². The molecule has 0 bridgehead atoms. The molecule has 2 N–H and O–H groups in total. The van der Waals surface area contributed by atoms with Gasteiger partial charge >= 0.3 is 0 Å². The summed E-state index contributed by atoms with van der Waals surface area (Å²) in [7, 11) is 6.42. The standard InChI is InChI=1S/C28H32N2O6/c1-16-8-6-7-9-20(16)23-22(26(32)30(2)3)25(31)27(33)24-21(14-19(35-5)15-29-24)36-28(23,27)17-10-12-18(34-4)13-11-17/h6-16,20,22-23,25,31,33H,1-5H3/t16?,20?,22-,23-,25-,27+,28+/m1/s1. The van der Waals surface area contributed by atoms with E-state index in [0.29, 0.717) is 22.8 Å². The monoisotopic (exact) mass is 492 g/mol. The number of carbonyl (C=O) groups is 1. The number of hydrogen-bond donors (Lipinski definition) is 2. The molecule has 8 heteroatoms. The number of benzene rings is 1. The van der Waals surface area contributed by atoms with E-state index < -0.39 is 29.1 Å². The fourth-order valence-corrected chi connectivity index (χ4v) is 6.31. The van der Waals surface area contributed by atoms with E-state index in [-0.39, 0.29) is 23.4 Å². The second-order valence-electron chi connectivity index (χ2n) is 9.99. The Bertz CT molecular complexity index is 1230. The van der Waals surface area contributed by atoms with E-state index in [1.54, 1.807) is 39.4 Å². The summed E-state index contributed by atoms with van der Waals surface area (Å²) in [6.07, 6.45) is 8.02. The third-order valence-electron chi connectivity index (χ3n) is 8.01. The summed E-state index contributed by atoms with van der Waals surface area (Å²) < 4.78 is 17.5. The van der Waals surface area contributed by atoms with Crippen LogP contribution in [0, 0.1) is 23.7 Å². The molecule has 1 aromatic heterocycles. The molecule has 1 saturated carbocycles. The molecule has 2 aromatic rings. The number of pyridine rings is 1. The first-order chi connectivity index (χ1) is 17.2. The maximum absolute atomic E-state index is 13.7. The molecule has 2 unspecified atom stereocenters. The van der Waals surface area contributed by atoms with Crippen LogP contribution in [0.1, 0.15) is 18.2 Å². The Labute approximate surface area is 210 Å². The molecule has 3 aliphatic rings. The summed E-state index contributed by atoms with van der Waals surface area (Å²) in [6, 6.07) is 8.88. The second-order valence-corrected chi connectivity index (χ2v) is 9.99. The van der Waals surface area contributed by atoms with Crippen molar-refractivity contribution in [3.63, 3.8) is 0 Å². The zero-order valence-corrected chi connectivity index (χ0v) is 21.1. The van der Waals surface area contributed by atoms with Crippen LogP contribution in [-0.4, -0.2) is 60.4 Å². The fraction of sp³-hybridized carbons (Fsp3) is 0.429. The number of allylic oxidation sites excluding steroid dienone is 4. The van der Waals surface area contributed by atoms with E-state index in [1.165, 1.54) is 18.2 Å². The molecule has 190 valence electrons. The molecule has 36 heavy (non-hydrogen) atoms. The Morgan fingerprint density at radius 1 is 1.08 bits per heavy atom. The van der Waals surface area contributed by atoms with Crippen molar-refractivity contribution in [3.8, 4) is 17.2 Å². The van der Waals surface area contributed by atoms with Crippen molar-refractivity contribution in [2.45, 2.75) is 24.2 Å². The Hall–Kier alpha value is -3.36. The number of rotatable bonds is 5. The normalized spacial score (nSPS) is 34.0. The first kappa shape index (κ1) is 24.3. The van der Waals surface area contributed by atoms with E-state index in [4.69, 9.17) is 14.2 Å². The van der Waals surface area contributed by atoms with E-state index >= 15 is 0 Å². The van der Waals surface area contributed by atoms with Crippen molar-refractivity contribution in [2.75, 3.05) is 28.3 Å². The highest BCUT2D eigenvalue weighted by Gasteiger charge is 2.79. The molecule has 8 nitrogen and oxygen atoms in total. The lowest BCUT2D eigenvalue weighted by Crippen LogP contribution is -2.54. The van der Waals surface area contributed by atoms with Crippen LogP contribution in [0.3, 0.4) is 0 Å². The Morgan fingerprint density at radius 3 is 2.36 bits per heavy atom. The second kappa shape index (κ2) is 8.64. The molecule has 1 aliphatic heterocycles. The van der Waals surface area contributed by atoms with Crippen molar-refractivity contribution in [1.82, 2.24) is 9.88 Å². The van der Waals surface area contributed by atoms with Crippen LogP contribution in [0.4, 0.5) is 0 Å². The highest BCUT2D eigenvalue weighted by molar-refractivity contribution is 5.81. The van der Waals surface area contributed by atoms with Crippen molar-refractivity contribution in [2.24, 2.45) is 23.7 Å². The van der Waals surface area contributed by atoms with E-state index in [1.807, 2.05) is 30.4 Å². The first-order valence-corrected chi connectivity index (χ1v) is 12.0. The van der Waals surface area contributed by atoms with Crippen molar-refractivity contribution >= 4 is 5.91 Å². The predicted molar refractivity (Wildman–Crippen MR) is 133 cm³/mol.